The molecule has 0 bridgehead atoms. The van der Waals surface area contributed by atoms with Gasteiger partial charge in [-0.25, -0.2) is 8.42 Å². The van der Waals surface area contributed by atoms with Crippen molar-refractivity contribution in [3.8, 4) is 5.75 Å². The van der Waals surface area contributed by atoms with Gasteiger partial charge in [-0.05, 0) is 36.8 Å². The molecule has 1 saturated heterocycles. The highest BCUT2D eigenvalue weighted by Gasteiger charge is 2.39. The molecule has 0 atom stereocenters. The monoisotopic (exact) mass is 372 g/mol. The van der Waals surface area contributed by atoms with Crippen molar-refractivity contribution in [2.45, 2.75) is 17.9 Å². The molecule has 1 aliphatic heterocycles. The van der Waals surface area contributed by atoms with E-state index in [0.29, 0.717) is 16.3 Å². The number of aryl methyl sites for hydroxylation is 1. The van der Waals surface area contributed by atoms with Crippen molar-refractivity contribution in [1.82, 2.24) is 9.29 Å². The zero-order chi connectivity index (χ0) is 16.6. The van der Waals surface area contributed by atoms with Gasteiger partial charge in [0.25, 0.3) is 0 Å². The highest BCUT2D eigenvalue weighted by Crippen LogP contribution is 2.32. The van der Waals surface area contributed by atoms with Crippen LogP contribution in [0, 0.1) is 6.92 Å². The second kappa shape index (κ2) is 6.28. The van der Waals surface area contributed by atoms with Crippen LogP contribution < -0.4 is 4.74 Å². The summed E-state index contributed by atoms with van der Waals surface area (Å²) in [4.78, 5) is 4.02. The maximum absolute atomic E-state index is 12.6. The first kappa shape index (κ1) is 16.5. The standard InChI is InChI=1S/C15H14Cl2N2O3S/c1-10-5-15(14(17)6-13(10)16)23(20,21)19-8-12(9-19)22-11-3-2-4-18-7-11/h2-7,12H,8-9H2,1H3. The lowest BCUT2D eigenvalue weighted by molar-refractivity contribution is 0.0759. The fourth-order valence-electron chi connectivity index (χ4n) is 2.25. The molecule has 2 heterocycles. The Morgan fingerprint density at radius 3 is 2.65 bits per heavy atom. The predicted molar refractivity (Wildman–Crippen MR) is 88.6 cm³/mol. The van der Waals surface area contributed by atoms with Crippen molar-refractivity contribution in [2.75, 3.05) is 13.1 Å². The van der Waals surface area contributed by atoms with Gasteiger partial charge >= 0.3 is 0 Å². The highest BCUT2D eigenvalue weighted by molar-refractivity contribution is 7.89. The van der Waals surface area contributed by atoms with Crippen LogP contribution >= 0.6 is 23.2 Å². The first-order valence-corrected chi connectivity index (χ1v) is 9.10. The minimum atomic E-state index is -3.65. The highest BCUT2D eigenvalue weighted by atomic mass is 35.5. The summed E-state index contributed by atoms with van der Waals surface area (Å²) in [6, 6.07) is 6.49. The number of nitrogens with zero attached hydrogens (tertiary/aromatic N) is 2. The average Bonchev–Trinajstić information content (AvgIpc) is 2.47. The van der Waals surface area contributed by atoms with Crippen molar-refractivity contribution in [3.05, 3.63) is 52.3 Å². The average molecular weight is 373 g/mol. The summed E-state index contributed by atoms with van der Waals surface area (Å²) in [5.74, 6) is 0.620. The molecule has 122 valence electrons. The molecule has 0 aliphatic carbocycles. The van der Waals surface area contributed by atoms with Crippen molar-refractivity contribution in [1.29, 1.82) is 0 Å². The SMILES string of the molecule is Cc1cc(S(=O)(=O)N2CC(Oc3cccnc3)C2)c(Cl)cc1Cl. The van der Waals surface area contributed by atoms with Gasteiger partial charge in [-0.3, -0.25) is 4.98 Å². The van der Waals surface area contributed by atoms with Gasteiger partial charge in [-0.2, -0.15) is 4.31 Å². The van der Waals surface area contributed by atoms with Gasteiger partial charge in [0.05, 0.1) is 24.3 Å². The predicted octanol–water partition coefficient (Wildman–Crippen LogP) is 3.15. The second-order valence-electron chi connectivity index (χ2n) is 5.28. The molecule has 1 aliphatic rings. The Bertz CT molecular complexity index is 822. The summed E-state index contributed by atoms with van der Waals surface area (Å²) in [7, 11) is -3.65. The van der Waals surface area contributed by atoms with Gasteiger partial charge in [0, 0.05) is 11.2 Å². The molecule has 0 amide bonds. The van der Waals surface area contributed by atoms with Gasteiger partial charge in [-0.1, -0.05) is 23.2 Å². The molecule has 0 unspecified atom stereocenters. The number of hydrogen-bond acceptors (Lipinski definition) is 4. The number of aromatic nitrogens is 1. The largest absolute Gasteiger partial charge is 0.486 e. The van der Waals surface area contributed by atoms with Crippen LogP contribution in [0.1, 0.15) is 5.56 Å². The Labute approximate surface area is 144 Å². The topological polar surface area (TPSA) is 59.5 Å². The summed E-state index contributed by atoms with van der Waals surface area (Å²) in [6.07, 6.45) is 3.05. The molecule has 1 fully saturated rings. The minimum absolute atomic E-state index is 0.0703. The zero-order valence-electron chi connectivity index (χ0n) is 12.2. The van der Waals surface area contributed by atoms with E-state index in [9.17, 15) is 8.42 Å². The Morgan fingerprint density at radius 1 is 1.26 bits per heavy atom. The lowest BCUT2D eigenvalue weighted by Crippen LogP contribution is -2.56. The van der Waals surface area contributed by atoms with Crippen LogP contribution in [-0.2, 0) is 10.0 Å². The van der Waals surface area contributed by atoms with Gasteiger partial charge in [-0.15, -0.1) is 0 Å². The summed E-state index contributed by atoms with van der Waals surface area (Å²) in [6.45, 7) is 2.28. The van der Waals surface area contributed by atoms with Crippen molar-refractivity contribution >= 4 is 33.2 Å². The van der Waals surface area contributed by atoms with Gasteiger partial charge in [0.2, 0.25) is 10.0 Å². The molecule has 5 nitrogen and oxygen atoms in total. The molecule has 8 heteroatoms. The maximum Gasteiger partial charge on any atom is 0.244 e. The van der Waals surface area contributed by atoms with Crippen LogP contribution in [-0.4, -0.2) is 36.9 Å². The molecule has 0 N–H and O–H groups in total. The van der Waals surface area contributed by atoms with Crippen LogP contribution in [0.25, 0.3) is 0 Å². The molecule has 1 aromatic heterocycles. The third kappa shape index (κ3) is 3.30. The molecular weight excluding hydrogens is 359 g/mol. The maximum atomic E-state index is 12.6. The number of pyridine rings is 1. The van der Waals surface area contributed by atoms with Crippen LogP contribution in [0.4, 0.5) is 0 Å². The molecule has 3 rings (SSSR count). The Balaban J connectivity index is 1.72. The lowest BCUT2D eigenvalue weighted by Gasteiger charge is -2.37. The number of halogens is 2. The van der Waals surface area contributed by atoms with Gasteiger partial charge < -0.3 is 4.74 Å². The fraction of sp³-hybridized carbons (Fsp3) is 0.267. The van der Waals surface area contributed by atoms with E-state index in [2.05, 4.69) is 4.98 Å². The van der Waals surface area contributed by atoms with E-state index in [0.717, 1.165) is 0 Å². The normalized spacial score (nSPS) is 16.1. The molecule has 0 spiro atoms. The number of rotatable bonds is 4. The second-order valence-corrected chi connectivity index (χ2v) is 8.00. The third-order valence-corrected chi connectivity index (χ3v) is 6.29. The van der Waals surface area contributed by atoms with E-state index in [1.807, 2.05) is 0 Å². The van der Waals surface area contributed by atoms with Crippen LogP contribution in [0.15, 0.2) is 41.6 Å². The first-order valence-electron chi connectivity index (χ1n) is 6.90. The van der Waals surface area contributed by atoms with Crippen molar-refractivity contribution in [2.24, 2.45) is 0 Å². The minimum Gasteiger partial charge on any atom is -0.486 e. The van der Waals surface area contributed by atoms with E-state index < -0.39 is 10.0 Å². The van der Waals surface area contributed by atoms with Crippen molar-refractivity contribution in [3.63, 3.8) is 0 Å². The molecule has 2 aromatic rings. The van der Waals surface area contributed by atoms with E-state index >= 15 is 0 Å². The van der Waals surface area contributed by atoms with Crippen LogP contribution in [0.3, 0.4) is 0 Å². The van der Waals surface area contributed by atoms with Gasteiger partial charge in [0.15, 0.2) is 0 Å². The quantitative estimate of drug-likeness (QED) is 0.826. The zero-order valence-corrected chi connectivity index (χ0v) is 14.6. The summed E-state index contributed by atoms with van der Waals surface area (Å²) >= 11 is 12.0. The summed E-state index contributed by atoms with van der Waals surface area (Å²) in [5.41, 5.74) is 0.665. The van der Waals surface area contributed by atoms with E-state index in [-0.39, 0.29) is 29.1 Å². The van der Waals surface area contributed by atoms with E-state index in [4.69, 9.17) is 27.9 Å². The smallest absolute Gasteiger partial charge is 0.244 e. The number of ether oxygens (including phenoxy) is 1. The summed E-state index contributed by atoms with van der Waals surface area (Å²) < 4.78 is 32.3. The molecule has 1 aromatic carbocycles. The number of sulfonamides is 1. The summed E-state index contributed by atoms with van der Waals surface area (Å²) in [5, 5.41) is 0.563. The van der Waals surface area contributed by atoms with Crippen LogP contribution in [0.5, 0.6) is 5.75 Å². The first-order chi connectivity index (χ1) is 10.9. The lowest BCUT2D eigenvalue weighted by atomic mass is 10.2. The Kier molecular flexibility index (Phi) is 4.51. The van der Waals surface area contributed by atoms with Gasteiger partial charge in [0.1, 0.15) is 16.7 Å². The van der Waals surface area contributed by atoms with Crippen LogP contribution in [0.2, 0.25) is 10.0 Å². The molecule has 0 saturated carbocycles. The number of benzene rings is 1. The Morgan fingerprint density at radius 2 is 2.00 bits per heavy atom. The fourth-order valence-corrected chi connectivity index (χ4v) is 4.56. The molecule has 0 radical (unpaired) electrons. The van der Waals surface area contributed by atoms with E-state index in [1.54, 1.807) is 31.5 Å². The van der Waals surface area contributed by atoms with E-state index in [1.165, 1.54) is 16.4 Å². The Hall–Kier alpha value is -1.34. The molecule has 23 heavy (non-hydrogen) atoms. The third-order valence-electron chi connectivity index (χ3n) is 3.58. The number of hydrogen-bond donors (Lipinski definition) is 0. The van der Waals surface area contributed by atoms with Crippen molar-refractivity contribution < 1.29 is 13.2 Å². The molecular formula is C15H14Cl2N2O3S.